The summed E-state index contributed by atoms with van der Waals surface area (Å²) in [6.07, 6.45) is 0. The predicted molar refractivity (Wildman–Crippen MR) is 97.4 cm³/mol. The molecule has 1 N–H and O–H groups in total. The zero-order chi connectivity index (χ0) is 15.6. The topological polar surface area (TPSA) is 28.2 Å². The number of para-hydroxylation sites is 1. The zero-order valence-corrected chi connectivity index (χ0v) is 14.3. The van der Waals surface area contributed by atoms with E-state index in [2.05, 4.69) is 46.6 Å². The minimum Gasteiger partial charge on any atom is -0.314 e. The van der Waals surface area contributed by atoms with Crippen LogP contribution in [0.3, 0.4) is 0 Å². The van der Waals surface area contributed by atoms with E-state index in [1.165, 1.54) is 10.3 Å². The standard InChI is InChI=1S/C18H18ClN3S/c19-17-8-7-16(23-17)18(22-11-9-20-10-12-22)15-6-5-13-3-1-2-4-14(13)21-15/h1-8,18,20H,9-12H2. The van der Waals surface area contributed by atoms with E-state index in [1.807, 2.05) is 12.1 Å². The molecular weight excluding hydrogens is 326 g/mol. The molecule has 1 aliphatic rings. The van der Waals surface area contributed by atoms with E-state index < -0.39 is 0 Å². The highest BCUT2D eigenvalue weighted by Gasteiger charge is 2.26. The summed E-state index contributed by atoms with van der Waals surface area (Å²) in [5.41, 5.74) is 2.15. The van der Waals surface area contributed by atoms with Crippen molar-refractivity contribution in [2.24, 2.45) is 0 Å². The van der Waals surface area contributed by atoms with Crippen molar-refractivity contribution in [1.82, 2.24) is 15.2 Å². The van der Waals surface area contributed by atoms with Crippen molar-refractivity contribution < 1.29 is 0 Å². The Balaban J connectivity index is 1.78. The zero-order valence-electron chi connectivity index (χ0n) is 12.7. The minimum atomic E-state index is 0.180. The van der Waals surface area contributed by atoms with Crippen LogP contribution in [0.2, 0.25) is 4.34 Å². The van der Waals surface area contributed by atoms with Crippen LogP contribution in [-0.4, -0.2) is 36.1 Å². The van der Waals surface area contributed by atoms with Crippen LogP contribution in [0, 0.1) is 0 Å². The molecule has 1 aliphatic heterocycles. The van der Waals surface area contributed by atoms with Gasteiger partial charge in [0.05, 0.1) is 21.6 Å². The second-order valence-electron chi connectivity index (χ2n) is 5.76. The summed E-state index contributed by atoms with van der Waals surface area (Å²) in [5.74, 6) is 0. The van der Waals surface area contributed by atoms with Gasteiger partial charge in [0.15, 0.2) is 0 Å². The number of benzene rings is 1. The Hall–Kier alpha value is -1.46. The normalized spacial score (nSPS) is 17.4. The van der Waals surface area contributed by atoms with Gasteiger partial charge in [-0.15, -0.1) is 11.3 Å². The maximum absolute atomic E-state index is 6.19. The first-order valence-electron chi connectivity index (χ1n) is 7.87. The van der Waals surface area contributed by atoms with Crippen molar-refractivity contribution in [3.05, 3.63) is 63.4 Å². The fraction of sp³-hybridized carbons (Fsp3) is 0.278. The van der Waals surface area contributed by atoms with Gasteiger partial charge in [-0.3, -0.25) is 9.88 Å². The molecule has 1 fully saturated rings. The van der Waals surface area contributed by atoms with Crippen LogP contribution in [0.15, 0.2) is 48.5 Å². The molecule has 1 saturated heterocycles. The second-order valence-corrected chi connectivity index (χ2v) is 7.51. The van der Waals surface area contributed by atoms with E-state index in [0.717, 1.165) is 41.7 Å². The molecule has 4 rings (SSSR count). The van der Waals surface area contributed by atoms with E-state index in [0.29, 0.717) is 0 Å². The van der Waals surface area contributed by atoms with Gasteiger partial charge in [0.1, 0.15) is 0 Å². The molecule has 0 radical (unpaired) electrons. The van der Waals surface area contributed by atoms with E-state index >= 15 is 0 Å². The fourth-order valence-corrected chi connectivity index (χ4v) is 4.37. The van der Waals surface area contributed by atoms with Crippen LogP contribution in [0.4, 0.5) is 0 Å². The van der Waals surface area contributed by atoms with Crippen molar-refractivity contribution in [2.75, 3.05) is 26.2 Å². The summed E-state index contributed by atoms with van der Waals surface area (Å²) in [6.45, 7) is 4.08. The van der Waals surface area contributed by atoms with E-state index in [9.17, 15) is 0 Å². The lowest BCUT2D eigenvalue weighted by atomic mass is 10.1. The number of fused-ring (bicyclic) bond motifs is 1. The van der Waals surface area contributed by atoms with Gasteiger partial charge in [0.2, 0.25) is 0 Å². The number of hydrogen-bond donors (Lipinski definition) is 1. The highest BCUT2D eigenvalue weighted by molar-refractivity contribution is 7.16. The van der Waals surface area contributed by atoms with Crippen molar-refractivity contribution in [3.8, 4) is 0 Å². The Kier molecular flexibility index (Phi) is 4.31. The second kappa shape index (κ2) is 6.57. The Morgan fingerprint density at radius 3 is 2.65 bits per heavy atom. The molecule has 0 bridgehead atoms. The number of nitrogens with one attached hydrogen (secondary N) is 1. The molecular formula is C18H18ClN3S. The first-order valence-corrected chi connectivity index (χ1v) is 9.06. The summed E-state index contributed by atoms with van der Waals surface area (Å²) in [7, 11) is 0. The molecule has 118 valence electrons. The number of halogens is 1. The monoisotopic (exact) mass is 343 g/mol. The van der Waals surface area contributed by atoms with Crippen molar-refractivity contribution in [2.45, 2.75) is 6.04 Å². The third-order valence-corrected chi connectivity index (χ3v) is 5.56. The van der Waals surface area contributed by atoms with Crippen molar-refractivity contribution in [3.63, 3.8) is 0 Å². The molecule has 3 aromatic rings. The van der Waals surface area contributed by atoms with Gasteiger partial charge in [-0.05, 0) is 24.3 Å². The first kappa shape index (κ1) is 15.1. The van der Waals surface area contributed by atoms with E-state index in [1.54, 1.807) is 11.3 Å². The Labute approximate surface area is 144 Å². The molecule has 3 nitrogen and oxygen atoms in total. The maximum atomic E-state index is 6.19. The fourth-order valence-electron chi connectivity index (χ4n) is 3.16. The number of pyridine rings is 1. The van der Waals surface area contributed by atoms with Gasteiger partial charge < -0.3 is 5.32 Å². The molecule has 1 aromatic carbocycles. The molecule has 2 aromatic heterocycles. The van der Waals surface area contributed by atoms with Gasteiger partial charge in [-0.2, -0.15) is 0 Å². The average molecular weight is 344 g/mol. The van der Waals surface area contributed by atoms with Gasteiger partial charge in [0, 0.05) is 36.4 Å². The molecule has 1 unspecified atom stereocenters. The van der Waals surface area contributed by atoms with E-state index in [-0.39, 0.29) is 6.04 Å². The summed E-state index contributed by atoms with van der Waals surface area (Å²) in [5, 5.41) is 4.60. The number of piperazine rings is 1. The number of hydrogen-bond acceptors (Lipinski definition) is 4. The van der Waals surface area contributed by atoms with Gasteiger partial charge in [-0.1, -0.05) is 35.9 Å². The molecule has 23 heavy (non-hydrogen) atoms. The Morgan fingerprint density at radius 1 is 1.04 bits per heavy atom. The van der Waals surface area contributed by atoms with E-state index in [4.69, 9.17) is 16.6 Å². The van der Waals surface area contributed by atoms with Crippen molar-refractivity contribution >= 4 is 33.8 Å². The third-order valence-electron chi connectivity index (χ3n) is 4.28. The van der Waals surface area contributed by atoms with Crippen molar-refractivity contribution in [1.29, 1.82) is 0 Å². The predicted octanol–water partition coefficient (Wildman–Crippen LogP) is 3.94. The lowest BCUT2D eigenvalue weighted by Gasteiger charge is -2.34. The molecule has 1 atom stereocenters. The number of nitrogens with zero attached hydrogens (tertiary/aromatic N) is 2. The highest BCUT2D eigenvalue weighted by atomic mass is 35.5. The quantitative estimate of drug-likeness (QED) is 0.780. The Bertz CT molecular complexity index is 811. The summed E-state index contributed by atoms with van der Waals surface area (Å²) < 4.78 is 0.834. The maximum Gasteiger partial charge on any atom is 0.0931 e. The highest BCUT2D eigenvalue weighted by Crippen LogP contribution is 2.35. The average Bonchev–Trinajstić information content (AvgIpc) is 3.02. The van der Waals surface area contributed by atoms with Gasteiger partial charge in [0.25, 0.3) is 0 Å². The van der Waals surface area contributed by atoms with Gasteiger partial charge in [-0.25, -0.2) is 0 Å². The van der Waals surface area contributed by atoms with Crippen LogP contribution in [0.1, 0.15) is 16.6 Å². The first-order chi connectivity index (χ1) is 11.3. The largest absolute Gasteiger partial charge is 0.314 e. The number of rotatable bonds is 3. The minimum absolute atomic E-state index is 0.180. The molecule has 0 saturated carbocycles. The van der Waals surface area contributed by atoms with Crippen LogP contribution in [0.25, 0.3) is 10.9 Å². The smallest absolute Gasteiger partial charge is 0.0931 e. The molecule has 3 heterocycles. The molecule has 0 amide bonds. The van der Waals surface area contributed by atoms with Crippen LogP contribution in [-0.2, 0) is 0 Å². The van der Waals surface area contributed by atoms with Crippen LogP contribution < -0.4 is 5.32 Å². The van der Waals surface area contributed by atoms with Crippen LogP contribution in [0.5, 0.6) is 0 Å². The molecule has 0 spiro atoms. The Morgan fingerprint density at radius 2 is 1.87 bits per heavy atom. The SMILES string of the molecule is Clc1ccc(C(c2ccc3ccccc3n2)N2CCNCC2)s1. The lowest BCUT2D eigenvalue weighted by molar-refractivity contribution is 0.198. The number of aromatic nitrogens is 1. The molecule has 0 aliphatic carbocycles. The van der Waals surface area contributed by atoms with Crippen LogP contribution >= 0.6 is 22.9 Å². The summed E-state index contributed by atoms with van der Waals surface area (Å²) in [6, 6.07) is 16.9. The molecule has 5 heteroatoms. The summed E-state index contributed by atoms with van der Waals surface area (Å²) >= 11 is 7.85. The summed E-state index contributed by atoms with van der Waals surface area (Å²) in [4.78, 5) is 8.70. The number of thiophene rings is 1. The third kappa shape index (κ3) is 3.12. The van der Waals surface area contributed by atoms with Gasteiger partial charge >= 0.3 is 0 Å². The lowest BCUT2D eigenvalue weighted by Crippen LogP contribution is -2.45.